The predicted molar refractivity (Wildman–Crippen MR) is 143 cm³/mol. The summed E-state index contributed by atoms with van der Waals surface area (Å²) in [6.45, 7) is 7.29. The number of aromatic nitrogens is 1. The highest BCUT2D eigenvalue weighted by atomic mass is 35.5. The number of aliphatic carboxylic acids is 1. The highest BCUT2D eigenvalue weighted by Crippen LogP contribution is 2.40. The van der Waals surface area contributed by atoms with Crippen molar-refractivity contribution in [2.45, 2.75) is 39.4 Å². The van der Waals surface area contributed by atoms with Crippen LogP contribution in [-0.4, -0.2) is 27.6 Å². The first-order valence-corrected chi connectivity index (χ1v) is 11.9. The summed E-state index contributed by atoms with van der Waals surface area (Å²) in [7, 11) is 0. The minimum Gasteiger partial charge on any atom is -0.479 e. The van der Waals surface area contributed by atoms with Gasteiger partial charge in [0.1, 0.15) is 5.69 Å². The van der Waals surface area contributed by atoms with Crippen molar-refractivity contribution < 1.29 is 19.4 Å². The Labute approximate surface area is 214 Å². The first-order chi connectivity index (χ1) is 17.0. The average Bonchev–Trinajstić information content (AvgIpc) is 2.82. The number of fused-ring (bicyclic) bond motifs is 1. The van der Waals surface area contributed by atoms with E-state index in [0.717, 1.165) is 5.56 Å². The fraction of sp³-hybridized carbons (Fsp3) is 0.207. The topological polar surface area (TPSA) is 88.5 Å². The Hall–Kier alpha value is -3.74. The van der Waals surface area contributed by atoms with E-state index in [-0.39, 0.29) is 11.6 Å². The summed E-state index contributed by atoms with van der Waals surface area (Å²) >= 11 is 6.14. The number of amides is 1. The molecule has 0 radical (unpaired) electrons. The Kier molecular flexibility index (Phi) is 7.11. The molecule has 4 rings (SSSR count). The molecule has 1 aromatic heterocycles. The van der Waals surface area contributed by atoms with Gasteiger partial charge in [0.05, 0.1) is 11.1 Å². The van der Waals surface area contributed by atoms with Crippen molar-refractivity contribution in [3.05, 3.63) is 94.6 Å². The molecule has 0 aliphatic heterocycles. The molecule has 1 amide bonds. The van der Waals surface area contributed by atoms with Crippen LogP contribution >= 0.6 is 11.6 Å². The van der Waals surface area contributed by atoms with Crippen LogP contribution in [0.25, 0.3) is 22.0 Å². The molecule has 0 saturated heterocycles. The predicted octanol–water partition coefficient (Wildman–Crippen LogP) is 7.06. The maximum Gasteiger partial charge on any atom is 0.337 e. The highest BCUT2D eigenvalue weighted by molar-refractivity contribution is 6.30. The number of carbonyl (C=O) groups is 2. The Morgan fingerprint density at radius 1 is 1.00 bits per heavy atom. The number of carboxylic acids is 1. The number of nitrogens with one attached hydrogen (secondary N) is 1. The Balaban J connectivity index is 1.91. The molecule has 36 heavy (non-hydrogen) atoms. The van der Waals surface area contributed by atoms with Crippen LogP contribution in [0.3, 0.4) is 0 Å². The molecular formula is C29H27ClN2O4. The quantitative estimate of drug-likeness (QED) is 0.294. The molecule has 2 N–H and O–H groups in total. The molecule has 0 fully saturated rings. The third-order valence-electron chi connectivity index (χ3n) is 5.60. The third-order valence-corrected chi connectivity index (χ3v) is 5.85. The second-order valence-corrected chi connectivity index (χ2v) is 9.96. The van der Waals surface area contributed by atoms with Crippen LogP contribution in [0.2, 0.25) is 5.02 Å². The molecule has 6 nitrogen and oxygen atoms in total. The summed E-state index contributed by atoms with van der Waals surface area (Å²) in [4.78, 5) is 29.9. The number of anilines is 1. The van der Waals surface area contributed by atoms with Crippen LogP contribution in [0, 0.1) is 6.92 Å². The Morgan fingerprint density at radius 2 is 1.67 bits per heavy atom. The number of ether oxygens (including phenoxy) is 1. The first kappa shape index (κ1) is 25.4. The summed E-state index contributed by atoms with van der Waals surface area (Å²) in [5.41, 5.74) is 3.48. The number of nitrogens with zero attached hydrogens (tertiary/aromatic N) is 1. The lowest BCUT2D eigenvalue weighted by Crippen LogP contribution is -2.28. The zero-order chi connectivity index (χ0) is 26.0. The third kappa shape index (κ3) is 5.56. The van der Waals surface area contributed by atoms with E-state index in [1.54, 1.807) is 42.5 Å². The summed E-state index contributed by atoms with van der Waals surface area (Å²) in [6, 6.07) is 21.6. The van der Waals surface area contributed by atoms with Gasteiger partial charge in [-0.05, 0) is 86.8 Å². The number of hydrogen-bond acceptors (Lipinski definition) is 4. The molecule has 7 heteroatoms. The maximum atomic E-state index is 12.9. The lowest BCUT2D eigenvalue weighted by molar-refractivity contribution is -0.160. The van der Waals surface area contributed by atoms with Gasteiger partial charge < -0.3 is 15.2 Å². The van der Waals surface area contributed by atoms with Gasteiger partial charge in [-0.1, -0.05) is 41.9 Å². The van der Waals surface area contributed by atoms with Crippen molar-refractivity contribution in [1.82, 2.24) is 4.98 Å². The van der Waals surface area contributed by atoms with E-state index in [4.69, 9.17) is 16.3 Å². The fourth-order valence-corrected chi connectivity index (χ4v) is 4.24. The zero-order valence-electron chi connectivity index (χ0n) is 20.5. The van der Waals surface area contributed by atoms with E-state index in [2.05, 4.69) is 10.3 Å². The van der Waals surface area contributed by atoms with Gasteiger partial charge in [-0.2, -0.15) is 0 Å². The normalized spacial score (nSPS) is 12.4. The van der Waals surface area contributed by atoms with Crippen molar-refractivity contribution in [2.24, 2.45) is 0 Å². The maximum absolute atomic E-state index is 12.9. The van der Waals surface area contributed by atoms with Gasteiger partial charge in [-0.25, -0.2) is 9.78 Å². The SMILES string of the molecule is Cc1cc2nc(C(=O)Nc3ccccc3)ccc2c(-c2ccc(Cl)cc2)c1[C@H](OC(C)(C)C)C(=O)O. The minimum atomic E-state index is -1.21. The molecule has 0 saturated carbocycles. The number of rotatable bonds is 6. The average molecular weight is 503 g/mol. The van der Waals surface area contributed by atoms with Gasteiger partial charge in [0.2, 0.25) is 0 Å². The standard InChI is InChI=1S/C29H27ClN2O4/c1-17-16-23-21(14-15-22(32-23)27(33)31-20-8-6-5-7-9-20)25(18-10-12-19(30)13-11-18)24(17)26(28(34)35)36-29(2,3)4/h5-16,26H,1-4H3,(H,31,33)(H,34,35)/t26-/m0/s1. The molecule has 0 aliphatic rings. The van der Waals surface area contributed by atoms with Crippen molar-refractivity contribution in [3.63, 3.8) is 0 Å². The van der Waals surface area contributed by atoms with Crippen molar-refractivity contribution in [2.75, 3.05) is 5.32 Å². The van der Waals surface area contributed by atoms with Gasteiger partial charge in [0.25, 0.3) is 5.91 Å². The minimum absolute atomic E-state index is 0.251. The number of aryl methyl sites for hydroxylation is 1. The van der Waals surface area contributed by atoms with Crippen LogP contribution in [-0.2, 0) is 9.53 Å². The lowest BCUT2D eigenvalue weighted by Gasteiger charge is -2.28. The van der Waals surface area contributed by atoms with E-state index >= 15 is 0 Å². The largest absolute Gasteiger partial charge is 0.479 e. The number of carboxylic acid groups (broad SMARTS) is 1. The monoisotopic (exact) mass is 502 g/mol. The Bertz CT molecular complexity index is 1430. The van der Waals surface area contributed by atoms with Gasteiger partial charge in [-0.15, -0.1) is 0 Å². The van der Waals surface area contributed by atoms with Gasteiger partial charge in [0, 0.05) is 21.7 Å². The van der Waals surface area contributed by atoms with Crippen LogP contribution in [0.4, 0.5) is 5.69 Å². The van der Waals surface area contributed by atoms with Gasteiger partial charge in [-0.3, -0.25) is 4.79 Å². The second-order valence-electron chi connectivity index (χ2n) is 9.52. The number of hydrogen-bond donors (Lipinski definition) is 2. The van der Waals surface area contributed by atoms with Crippen LogP contribution in [0.5, 0.6) is 0 Å². The molecular weight excluding hydrogens is 476 g/mol. The summed E-state index contributed by atoms with van der Waals surface area (Å²) in [6.07, 6.45) is -1.21. The van der Waals surface area contributed by atoms with E-state index in [0.29, 0.717) is 38.3 Å². The molecule has 1 heterocycles. The Morgan fingerprint density at radius 3 is 2.28 bits per heavy atom. The summed E-state index contributed by atoms with van der Waals surface area (Å²) < 4.78 is 6.02. The molecule has 184 valence electrons. The molecule has 0 spiro atoms. The molecule has 0 aliphatic carbocycles. The zero-order valence-corrected chi connectivity index (χ0v) is 21.3. The fourth-order valence-electron chi connectivity index (χ4n) is 4.12. The summed E-state index contributed by atoms with van der Waals surface area (Å²) in [5.74, 6) is -1.42. The van der Waals surface area contributed by atoms with Crippen LogP contribution in [0.1, 0.15) is 48.5 Å². The first-order valence-electron chi connectivity index (χ1n) is 11.5. The van der Waals surface area contributed by atoms with Crippen molar-refractivity contribution in [1.29, 1.82) is 0 Å². The van der Waals surface area contributed by atoms with Crippen molar-refractivity contribution >= 4 is 40.1 Å². The molecule has 1 atom stereocenters. The van der Waals surface area contributed by atoms with E-state index in [1.165, 1.54) is 0 Å². The summed E-state index contributed by atoms with van der Waals surface area (Å²) in [5, 5.41) is 14.3. The molecule has 4 aromatic rings. The van der Waals surface area contributed by atoms with Crippen LogP contribution in [0.15, 0.2) is 72.8 Å². The molecule has 0 bridgehead atoms. The number of para-hydroxylation sites is 1. The van der Waals surface area contributed by atoms with Crippen molar-refractivity contribution in [3.8, 4) is 11.1 Å². The smallest absolute Gasteiger partial charge is 0.337 e. The number of pyridine rings is 1. The van der Waals surface area contributed by atoms with E-state index in [9.17, 15) is 14.7 Å². The highest BCUT2D eigenvalue weighted by Gasteiger charge is 2.31. The van der Waals surface area contributed by atoms with Gasteiger partial charge >= 0.3 is 5.97 Å². The number of carbonyl (C=O) groups excluding carboxylic acids is 1. The number of benzene rings is 3. The second kappa shape index (κ2) is 10.1. The van der Waals surface area contributed by atoms with Crippen LogP contribution < -0.4 is 5.32 Å². The molecule has 3 aromatic carbocycles. The van der Waals surface area contributed by atoms with E-state index in [1.807, 2.05) is 58.0 Å². The van der Waals surface area contributed by atoms with Gasteiger partial charge in [0.15, 0.2) is 6.10 Å². The number of halogens is 1. The molecule has 0 unspecified atom stereocenters. The lowest BCUT2D eigenvalue weighted by atomic mass is 9.88. The van der Waals surface area contributed by atoms with E-state index < -0.39 is 17.7 Å².